The Kier molecular flexibility index (Phi) is 6.43. The van der Waals surface area contributed by atoms with Crippen molar-refractivity contribution in [2.45, 2.75) is 39.7 Å². The van der Waals surface area contributed by atoms with Crippen molar-refractivity contribution >= 4 is 5.82 Å². The first kappa shape index (κ1) is 14.7. The Balaban J connectivity index is 2.59. The molecule has 0 aromatic carbocycles. The van der Waals surface area contributed by atoms with Gasteiger partial charge in [0.25, 0.3) is 0 Å². The van der Waals surface area contributed by atoms with Gasteiger partial charge in [0.2, 0.25) is 5.88 Å². The Labute approximate surface area is 109 Å². The van der Waals surface area contributed by atoms with Crippen molar-refractivity contribution in [2.75, 3.05) is 18.5 Å². The third-order valence-corrected chi connectivity index (χ3v) is 2.46. The van der Waals surface area contributed by atoms with Crippen LogP contribution in [0.15, 0.2) is 12.4 Å². The zero-order valence-electron chi connectivity index (χ0n) is 11.5. The van der Waals surface area contributed by atoms with Gasteiger partial charge in [-0.1, -0.05) is 20.8 Å². The second-order valence-electron chi connectivity index (χ2n) is 4.80. The van der Waals surface area contributed by atoms with E-state index in [1.165, 1.54) is 0 Å². The van der Waals surface area contributed by atoms with E-state index in [4.69, 9.17) is 10.5 Å². The molecule has 3 N–H and O–H groups in total. The zero-order chi connectivity index (χ0) is 13.4. The molecular weight excluding hydrogens is 228 g/mol. The van der Waals surface area contributed by atoms with E-state index >= 15 is 0 Å². The molecule has 1 unspecified atom stereocenters. The Morgan fingerprint density at radius 3 is 2.78 bits per heavy atom. The van der Waals surface area contributed by atoms with Crippen molar-refractivity contribution in [1.29, 1.82) is 0 Å². The molecule has 0 aliphatic carbocycles. The molecule has 0 bridgehead atoms. The minimum atomic E-state index is 0.223. The van der Waals surface area contributed by atoms with Crippen molar-refractivity contribution < 1.29 is 4.74 Å². The monoisotopic (exact) mass is 252 g/mol. The van der Waals surface area contributed by atoms with Crippen molar-refractivity contribution in [3.05, 3.63) is 12.4 Å². The fraction of sp³-hybridized carbons (Fsp3) is 0.692. The van der Waals surface area contributed by atoms with Gasteiger partial charge in [-0.25, -0.2) is 0 Å². The van der Waals surface area contributed by atoms with E-state index in [1.807, 2.05) is 0 Å². The fourth-order valence-corrected chi connectivity index (χ4v) is 1.69. The third kappa shape index (κ3) is 5.31. The van der Waals surface area contributed by atoms with Crippen LogP contribution in [0.5, 0.6) is 5.88 Å². The Bertz CT molecular complexity index is 344. The fourth-order valence-electron chi connectivity index (χ4n) is 1.69. The highest BCUT2D eigenvalue weighted by Crippen LogP contribution is 2.13. The summed E-state index contributed by atoms with van der Waals surface area (Å²) in [5.41, 5.74) is 5.75. The summed E-state index contributed by atoms with van der Waals surface area (Å²) in [5.74, 6) is 1.88. The Morgan fingerprint density at radius 2 is 2.17 bits per heavy atom. The smallest absolute Gasteiger partial charge is 0.234 e. The van der Waals surface area contributed by atoms with Gasteiger partial charge in [0.05, 0.1) is 19.0 Å². The maximum absolute atomic E-state index is 5.75. The van der Waals surface area contributed by atoms with Crippen LogP contribution in [0.3, 0.4) is 0 Å². The molecule has 1 heterocycles. The number of rotatable bonds is 8. The summed E-state index contributed by atoms with van der Waals surface area (Å²) in [7, 11) is 0. The molecule has 5 heteroatoms. The molecule has 0 saturated heterocycles. The normalized spacial score (nSPS) is 12.5. The van der Waals surface area contributed by atoms with Gasteiger partial charge in [0, 0.05) is 12.6 Å². The van der Waals surface area contributed by atoms with Gasteiger partial charge in [-0.05, 0) is 18.8 Å². The molecule has 0 aliphatic heterocycles. The maximum atomic E-state index is 5.75. The standard InChI is InChI=1S/C13H24N4O/c1-4-5-18-13-9-15-8-12(17-13)16-11(7-14)6-10(2)3/h8-11H,4-7,14H2,1-3H3,(H,16,17). The molecule has 1 aromatic rings. The minimum Gasteiger partial charge on any atom is -0.477 e. The van der Waals surface area contributed by atoms with E-state index in [2.05, 4.69) is 36.1 Å². The highest BCUT2D eigenvalue weighted by molar-refractivity contribution is 5.34. The Morgan fingerprint density at radius 1 is 1.39 bits per heavy atom. The van der Waals surface area contributed by atoms with E-state index in [0.29, 0.717) is 24.9 Å². The van der Waals surface area contributed by atoms with Gasteiger partial charge in [0.1, 0.15) is 5.82 Å². The Hall–Kier alpha value is -1.36. The average molecular weight is 252 g/mol. The van der Waals surface area contributed by atoms with Crippen LogP contribution < -0.4 is 15.8 Å². The summed E-state index contributed by atoms with van der Waals surface area (Å²) in [6, 6.07) is 0.223. The highest BCUT2D eigenvalue weighted by Gasteiger charge is 2.10. The van der Waals surface area contributed by atoms with Gasteiger partial charge >= 0.3 is 0 Å². The third-order valence-electron chi connectivity index (χ3n) is 2.46. The zero-order valence-corrected chi connectivity index (χ0v) is 11.5. The second-order valence-corrected chi connectivity index (χ2v) is 4.80. The maximum Gasteiger partial charge on any atom is 0.234 e. The van der Waals surface area contributed by atoms with Gasteiger partial charge in [-0.3, -0.25) is 4.98 Å². The largest absolute Gasteiger partial charge is 0.477 e. The van der Waals surface area contributed by atoms with E-state index in [9.17, 15) is 0 Å². The predicted molar refractivity (Wildman–Crippen MR) is 73.7 cm³/mol. The lowest BCUT2D eigenvalue weighted by Gasteiger charge is -2.19. The molecule has 0 aliphatic rings. The second kappa shape index (κ2) is 7.87. The van der Waals surface area contributed by atoms with Crippen LogP contribution in [-0.4, -0.2) is 29.2 Å². The molecule has 0 amide bonds. The van der Waals surface area contributed by atoms with E-state index in [0.717, 1.165) is 18.7 Å². The number of nitrogens with one attached hydrogen (secondary N) is 1. The molecule has 1 atom stereocenters. The first-order valence-corrected chi connectivity index (χ1v) is 6.57. The van der Waals surface area contributed by atoms with E-state index in [-0.39, 0.29) is 6.04 Å². The number of hydrogen-bond donors (Lipinski definition) is 2. The molecule has 0 radical (unpaired) electrons. The van der Waals surface area contributed by atoms with Gasteiger partial charge < -0.3 is 15.8 Å². The van der Waals surface area contributed by atoms with E-state index in [1.54, 1.807) is 12.4 Å². The lowest BCUT2D eigenvalue weighted by molar-refractivity contribution is 0.304. The first-order valence-electron chi connectivity index (χ1n) is 6.57. The van der Waals surface area contributed by atoms with Crippen molar-refractivity contribution in [1.82, 2.24) is 9.97 Å². The molecule has 102 valence electrons. The lowest BCUT2D eigenvalue weighted by Crippen LogP contribution is -2.30. The number of nitrogens with zero attached hydrogens (tertiary/aromatic N) is 2. The summed E-state index contributed by atoms with van der Waals surface area (Å²) in [6.07, 6.45) is 5.29. The molecular formula is C13H24N4O. The summed E-state index contributed by atoms with van der Waals surface area (Å²) in [6.45, 7) is 7.65. The average Bonchev–Trinajstić information content (AvgIpc) is 2.35. The number of aromatic nitrogens is 2. The van der Waals surface area contributed by atoms with Crippen molar-refractivity contribution in [3.8, 4) is 5.88 Å². The van der Waals surface area contributed by atoms with Crippen LogP contribution in [0.2, 0.25) is 0 Å². The SMILES string of the molecule is CCCOc1cncc(NC(CN)CC(C)C)n1. The highest BCUT2D eigenvalue weighted by atomic mass is 16.5. The first-order chi connectivity index (χ1) is 8.65. The number of hydrogen-bond acceptors (Lipinski definition) is 5. The molecule has 1 rings (SSSR count). The summed E-state index contributed by atoms with van der Waals surface area (Å²) < 4.78 is 5.45. The number of nitrogens with two attached hydrogens (primary N) is 1. The van der Waals surface area contributed by atoms with Crippen LogP contribution in [-0.2, 0) is 0 Å². The van der Waals surface area contributed by atoms with Gasteiger partial charge in [0.15, 0.2) is 0 Å². The van der Waals surface area contributed by atoms with Crippen molar-refractivity contribution in [3.63, 3.8) is 0 Å². The van der Waals surface area contributed by atoms with Crippen LogP contribution in [0.1, 0.15) is 33.6 Å². The predicted octanol–water partition coefficient (Wildman–Crippen LogP) is 2.05. The molecule has 0 saturated carbocycles. The number of ether oxygens (including phenoxy) is 1. The quantitative estimate of drug-likeness (QED) is 0.740. The van der Waals surface area contributed by atoms with Crippen LogP contribution in [0.4, 0.5) is 5.82 Å². The van der Waals surface area contributed by atoms with Crippen LogP contribution in [0, 0.1) is 5.92 Å². The molecule has 0 spiro atoms. The van der Waals surface area contributed by atoms with Gasteiger partial charge in [-0.15, -0.1) is 0 Å². The molecule has 0 fully saturated rings. The van der Waals surface area contributed by atoms with Crippen LogP contribution >= 0.6 is 0 Å². The summed E-state index contributed by atoms with van der Waals surface area (Å²) >= 11 is 0. The van der Waals surface area contributed by atoms with E-state index < -0.39 is 0 Å². The van der Waals surface area contributed by atoms with Crippen molar-refractivity contribution in [2.24, 2.45) is 11.7 Å². The molecule has 5 nitrogen and oxygen atoms in total. The van der Waals surface area contributed by atoms with Crippen LogP contribution in [0.25, 0.3) is 0 Å². The summed E-state index contributed by atoms with van der Waals surface area (Å²) in [4.78, 5) is 8.47. The lowest BCUT2D eigenvalue weighted by atomic mass is 10.0. The minimum absolute atomic E-state index is 0.223. The molecule has 18 heavy (non-hydrogen) atoms. The summed E-state index contributed by atoms with van der Waals surface area (Å²) in [5, 5.41) is 3.30. The van der Waals surface area contributed by atoms with Gasteiger partial charge in [-0.2, -0.15) is 4.98 Å². The topological polar surface area (TPSA) is 73.1 Å². The molecule has 1 aromatic heterocycles. The number of anilines is 1.